The van der Waals surface area contributed by atoms with Crippen LogP contribution in [0.5, 0.6) is 0 Å². The summed E-state index contributed by atoms with van der Waals surface area (Å²) in [6.45, 7) is 2.35. The van der Waals surface area contributed by atoms with E-state index in [4.69, 9.17) is 5.73 Å². The Labute approximate surface area is 143 Å². The second-order valence-corrected chi connectivity index (χ2v) is 4.81. The first-order valence-corrected chi connectivity index (χ1v) is 6.64. The van der Waals surface area contributed by atoms with Gasteiger partial charge in [0, 0.05) is 24.5 Å². The molecule has 0 saturated heterocycles. The number of hydrogen-bond donors (Lipinski definition) is 2. The van der Waals surface area contributed by atoms with E-state index in [1.165, 1.54) is 0 Å². The zero-order valence-electron chi connectivity index (χ0n) is 12.4. The van der Waals surface area contributed by atoms with E-state index in [1.54, 1.807) is 6.20 Å². The molecule has 1 aromatic heterocycles. The smallest absolute Gasteiger partial charge is 0.224 e. The highest BCUT2D eigenvalue weighted by Gasteiger charge is 2.08. The number of amides is 1. The Kier molecular flexibility index (Phi) is 9.42. The van der Waals surface area contributed by atoms with Crippen molar-refractivity contribution in [3.8, 4) is 0 Å². The number of aromatic nitrogens is 1. The van der Waals surface area contributed by atoms with E-state index in [0.717, 1.165) is 16.8 Å². The van der Waals surface area contributed by atoms with Gasteiger partial charge in [0.25, 0.3) is 0 Å². The molecule has 0 bridgehead atoms. The number of rotatable bonds is 5. The monoisotopic (exact) mass is 341 g/mol. The van der Waals surface area contributed by atoms with E-state index >= 15 is 0 Å². The summed E-state index contributed by atoms with van der Waals surface area (Å²) in [6.07, 6.45) is 2.06. The second-order valence-electron chi connectivity index (χ2n) is 4.81. The maximum Gasteiger partial charge on any atom is 0.224 e. The lowest BCUT2D eigenvalue weighted by Gasteiger charge is -2.13. The van der Waals surface area contributed by atoms with Crippen LogP contribution in [0.4, 0.5) is 0 Å². The van der Waals surface area contributed by atoms with E-state index < -0.39 is 0 Å². The molecule has 1 unspecified atom stereocenters. The standard InChI is InChI=1S/C16H19N3O.2ClH/c1-12-7-8-13(10-18-12)9-16(20)19-11-15(17)14-5-3-2-4-6-14;;/h2-8,10,15H,9,11,17H2,1H3,(H,19,20);2*1H. The van der Waals surface area contributed by atoms with Gasteiger partial charge >= 0.3 is 0 Å². The van der Waals surface area contributed by atoms with Gasteiger partial charge in [-0.1, -0.05) is 36.4 Å². The molecule has 0 aliphatic carbocycles. The average molecular weight is 342 g/mol. The lowest BCUT2D eigenvalue weighted by atomic mass is 10.1. The van der Waals surface area contributed by atoms with Crippen molar-refractivity contribution >= 4 is 30.7 Å². The molecule has 1 heterocycles. The predicted molar refractivity (Wildman–Crippen MR) is 93.6 cm³/mol. The fraction of sp³-hybridized carbons (Fsp3) is 0.250. The second kappa shape index (κ2) is 10.2. The number of hydrogen-bond acceptors (Lipinski definition) is 3. The molecule has 0 spiro atoms. The van der Waals surface area contributed by atoms with Gasteiger partial charge < -0.3 is 11.1 Å². The van der Waals surface area contributed by atoms with Gasteiger partial charge in [-0.25, -0.2) is 0 Å². The van der Waals surface area contributed by atoms with Crippen LogP contribution >= 0.6 is 24.8 Å². The summed E-state index contributed by atoms with van der Waals surface area (Å²) in [5.41, 5.74) is 8.90. The highest BCUT2D eigenvalue weighted by Crippen LogP contribution is 2.08. The van der Waals surface area contributed by atoms with Gasteiger partial charge in [0.1, 0.15) is 0 Å². The third-order valence-electron chi connectivity index (χ3n) is 3.08. The van der Waals surface area contributed by atoms with Crippen molar-refractivity contribution in [2.45, 2.75) is 19.4 Å². The summed E-state index contributed by atoms with van der Waals surface area (Å²) >= 11 is 0. The van der Waals surface area contributed by atoms with Crippen LogP contribution in [0.1, 0.15) is 22.9 Å². The topological polar surface area (TPSA) is 68.0 Å². The van der Waals surface area contributed by atoms with Crippen LogP contribution in [-0.4, -0.2) is 17.4 Å². The largest absolute Gasteiger partial charge is 0.354 e. The Bertz CT molecular complexity index is 561. The molecule has 22 heavy (non-hydrogen) atoms. The molecule has 2 aromatic rings. The molecule has 4 nitrogen and oxygen atoms in total. The summed E-state index contributed by atoms with van der Waals surface area (Å²) in [5, 5.41) is 2.85. The minimum Gasteiger partial charge on any atom is -0.354 e. The van der Waals surface area contributed by atoms with Gasteiger partial charge in [0.05, 0.1) is 6.42 Å². The highest BCUT2D eigenvalue weighted by molar-refractivity contribution is 5.85. The van der Waals surface area contributed by atoms with Crippen molar-refractivity contribution in [2.24, 2.45) is 5.73 Å². The summed E-state index contributed by atoms with van der Waals surface area (Å²) in [7, 11) is 0. The van der Waals surface area contributed by atoms with Crippen LogP contribution in [0.25, 0.3) is 0 Å². The van der Waals surface area contributed by atoms with Crippen molar-refractivity contribution in [3.63, 3.8) is 0 Å². The maximum atomic E-state index is 11.8. The quantitative estimate of drug-likeness (QED) is 0.878. The molecule has 1 amide bonds. The Balaban J connectivity index is 0.00000220. The highest BCUT2D eigenvalue weighted by atomic mass is 35.5. The maximum absolute atomic E-state index is 11.8. The molecule has 0 fully saturated rings. The fourth-order valence-corrected chi connectivity index (χ4v) is 1.89. The van der Waals surface area contributed by atoms with Gasteiger partial charge in [0.15, 0.2) is 0 Å². The third-order valence-corrected chi connectivity index (χ3v) is 3.08. The fourth-order valence-electron chi connectivity index (χ4n) is 1.89. The molecule has 1 aromatic carbocycles. The molecule has 3 N–H and O–H groups in total. The first kappa shape index (κ1) is 20.4. The molecule has 0 aliphatic heterocycles. The number of nitrogens with zero attached hydrogens (tertiary/aromatic N) is 1. The first-order valence-electron chi connectivity index (χ1n) is 6.64. The number of aryl methyl sites for hydroxylation is 1. The van der Waals surface area contributed by atoms with Gasteiger partial charge in [-0.3, -0.25) is 9.78 Å². The summed E-state index contributed by atoms with van der Waals surface area (Å²) in [6, 6.07) is 13.4. The van der Waals surface area contributed by atoms with Gasteiger partial charge in [-0.15, -0.1) is 24.8 Å². The van der Waals surface area contributed by atoms with Gasteiger partial charge in [-0.2, -0.15) is 0 Å². The van der Waals surface area contributed by atoms with Gasteiger partial charge in [0.2, 0.25) is 5.91 Å². The Hall–Kier alpha value is -1.62. The average Bonchev–Trinajstić information content (AvgIpc) is 2.48. The molecule has 6 heteroatoms. The molecule has 0 radical (unpaired) electrons. The van der Waals surface area contributed by atoms with Crippen LogP contribution in [0.15, 0.2) is 48.7 Å². The molecule has 2 rings (SSSR count). The molecular formula is C16H21Cl2N3O. The number of carbonyl (C=O) groups excluding carboxylic acids is 1. The predicted octanol–water partition coefficient (Wildman–Crippen LogP) is 2.59. The number of nitrogens with two attached hydrogens (primary N) is 1. The van der Waals surface area contributed by atoms with Crippen molar-refractivity contribution in [3.05, 3.63) is 65.5 Å². The normalized spacial score (nSPS) is 10.8. The lowest BCUT2D eigenvalue weighted by molar-refractivity contribution is -0.120. The number of nitrogens with one attached hydrogen (secondary N) is 1. The van der Waals surface area contributed by atoms with Crippen molar-refractivity contribution in [1.29, 1.82) is 0 Å². The molecule has 120 valence electrons. The molecule has 1 atom stereocenters. The zero-order valence-corrected chi connectivity index (χ0v) is 14.0. The summed E-state index contributed by atoms with van der Waals surface area (Å²) < 4.78 is 0. The lowest BCUT2D eigenvalue weighted by Crippen LogP contribution is -2.32. The van der Waals surface area contributed by atoms with Crippen LogP contribution < -0.4 is 11.1 Å². The Morgan fingerprint density at radius 2 is 1.86 bits per heavy atom. The van der Waals surface area contributed by atoms with Crippen LogP contribution in [0.2, 0.25) is 0 Å². The van der Waals surface area contributed by atoms with Crippen LogP contribution in [-0.2, 0) is 11.2 Å². The van der Waals surface area contributed by atoms with Crippen LogP contribution in [0.3, 0.4) is 0 Å². The molecule has 0 aliphatic rings. The first-order chi connectivity index (χ1) is 9.65. The van der Waals surface area contributed by atoms with Crippen molar-refractivity contribution in [2.75, 3.05) is 6.54 Å². The molecule has 0 saturated carbocycles. The van der Waals surface area contributed by atoms with E-state index in [0.29, 0.717) is 13.0 Å². The minimum atomic E-state index is -0.184. The van der Waals surface area contributed by atoms with Crippen LogP contribution in [0, 0.1) is 6.92 Å². The SMILES string of the molecule is Cc1ccc(CC(=O)NCC(N)c2ccccc2)cn1.Cl.Cl. The molecular weight excluding hydrogens is 321 g/mol. The third kappa shape index (κ3) is 6.43. The van der Waals surface area contributed by atoms with E-state index in [-0.39, 0.29) is 36.8 Å². The minimum absolute atomic E-state index is 0. The number of benzene rings is 1. The van der Waals surface area contributed by atoms with E-state index in [2.05, 4.69) is 10.3 Å². The number of pyridine rings is 1. The van der Waals surface area contributed by atoms with Crippen molar-refractivity contribution in [1.82, 2.24) is 10.3 Å². The van der Waals surface area contributed by atoms with E-state index in [9.17, 15) is 4.79 Å². The number of halogens is 2. The van der Waals surface area contributed by atoms with E-state index in [1.807, 2.05) is 49.4 Å². The van der Waals surface area contributed by atoms with Gasteiger partial charge in [-0.05, 0) is 24.1 Å². The summed E-state index contributed by atoms with van der Waals surface area (Å²) in [5.74, 6) is -0.0398. The summed E-state index contributed by atoms with van der Waals surface area (Å²) in [4.78, 5) is 16.0. The Morgan fingerprint density at radius 1 is 1.18 bits per heavy atom. The number of carbonyl (C=O) groups is 1. The zero-order chi connectivity index (χ0) is 14.4. The van der Waals surface area contributed by atoms with Crippen molar-refractivity contribution < 1.29 is 4.79 Å². The Morgan fingerprint density at radius 3 is 2.45 bits per heavy atom.